The van der Waals surface area contributed by atoms with Gasteiger partial charge in [0.15, 0.2) is 11.5 Å². The first-order valence-corrected chi connectivity index (χ1v) is 8.50. The molecule has 1 aliphatic heterocycles. The van der Waals surface area contributed by atoms with Crippen LogP contribution < -0.4 is 14.8 Å². The molecule has 2 amide bonds. The quantitative estimate of drug-likeness (QED) is 0.909. The molecule has 5 nitrogen and oxygen atoms in total. The van der Waals surface area contributed by atoms with Crippen molar-refractivity contribution in [1.82, 2.24) is 10.2 Å². The molecule has 1 atom stereocenters. The number of amides is 2. The lowest BCUT2D eigenvalue weighted by Crippen LogP contribution is -2.45. The molecule has 1 unspecified atom stereocenters. The van der Waals surface area contributed by atoms with Crippen molar-refractivity contribution in [2.45, 2.75) is 44.1 Å². The van der Waals surface area contributed by atoms with E-state index in [1.54, 1.807) is 0 Å². The lowest BCUT2D eigenvalue weighted by atomic mass is 9.95. The van der Waals surface area contributed by atoms with Gasteiger partial charge in [-0.1, -0.05) is 6.07 Å². The van der Waals surface area contributed by atoms with E-state index in [0.717, 1.165) is 24.3 Å². The van der Waals surface area contributed by atoms with Crippen LogP contribution in [0.25, 0.3) is 0 Å². The van der Waals surface area contributed by atoms with Crippen molar-refractivity contribution in [2.24, 2.45) is 5.92 Å². The number of ether oxygens (including phenoxy) is 2. The molecule has 1 aromatic carbocycles. The van der Waals surface area contributed by atoms with Crippen LogP contribution in [0, 0.1) is 5.92 Å². The Bertz CT molecular complexity index is 623. The van der Waals surface area contributed by atoms with Crippen molar-refractivity contribution in [2.75, 3.05) is 20.4 Å². The van der Waals surface area contributed by atoms with E-state index < -0.39 is 0 Å². The highest BCUT2D eigenvalue weighted by atomic mass is 16.7. The van der Waals surface area contributed by atoms with Gasteiger partial charge in [0.2, 0.25) is 6.79 Å². The number of nitrogens with zero attached hydrogens (tertiary/aromatic N) is 1. The molecule has 2 saturated carbocycles. The second-order valence-electron chi connectivity index (χ2n) is 7.20. The summed E-state index contributed by atoms with van der Waals surface area (Å²) in [6, 6.07) is 6.51. The minimum absolute atomic E-state index is 0.0384. The average Bonchev–Trinajstić information content (AvgIpc) is 3.49. The van der Waals surface area contributed by atoms with E-state index in [4.69, 9.17) is 9.47 Å². The normalized spacial score (nSPS) is 21.7. The minimum Gasteiger partial charge on any atom is -0.454 e. The monoisotopic (exact) mass is 316 g/mol. The molecule has 5 heteroatoms. The molecule has 124 valence electrons. The van der Waals surface area contributed by atoms with Crippen LogP contribution in [0.2, 0.25) is 0 Å². The van der Waals surface area contributed by atoms with Gasteiger partial charge in [0.25, 0.3) is 0 Å². The Morgan fingerprint density at radius 1 is 1.35 bits per heavy atom. The number of fused-ring (bicyclic) bond motifs is 1. The van der Waals surface area contributed by atoms with Crippen molar-refractivity contribution in [1.29, 1.82) is 0 Å². The fraction of sp³-hybridized carbons (Fsp3) is 0.611. The molecule has 0 spiro atoms. The van der Waals surface area contributed by atoms with Crippen molar-refractivity contribution < 1.29 is 14.3 Å². The largest absolute Gasteiger partial charge is 0.454 e. The average molecular weight is 316 g/mol. The van der Waals surface area contributed by atoms with Gasteiger partial charge in [0, 0.05) is 25.0 Å². The highest BCUT2D eigenvalue weighted by Crippen LogP contribution is 2.50. The van der Waals surface area contributed by atoms with Crippen LogP contribution in [0.15, 0.2) is 18.2 Å². The van der Waals surface area contributed by atoms with Crippen molar-refractivity contribution >= 4 is 6.03 Å². The first-order chi connectivity index (χ1) is 11.1. The second kappa shape index (κ2) is 5.32. The maximum Gasteiger partial charge on any atom is 0.317 e. The maximum atomic E-state index is 12.4. The fourth-order valence-corrected chi connectivity index (χ4v) is 3.39. The summed E-state index contributed by atoms with van der Waals surface area (Å²) < 4.78 is 10.8. The molecule has 0 radical (unpaired) electrons. The summed E-state index contributed by atoms with van der Waals surface area (Å²) >= 11 is 0. The molecule has 2 aliphatic carbocycles. The van der Waals surface area contributed by atoms with Crippen LogP contribution in [0.3, 0.4) is 0 Å². The Balaban J connectivity index is 1.39. The third kappa shape index (κ3) is 2.73. The molecule has 2 fully saturated rings. The van der Waals surface area contributed by atoms with Gasteiger partial charge in [-0.05, 0) is 56.2 Å². The lowest BCUT2D eigenvalue weighted by molar-refractivity contribution is 0.174. The molecule has 23 heavy (non-hydrogen) atoms. The number of hydrogen-bond donors (Lipinski definition) is 1. The summed E-state index contributed by atoms with van der Waals surface area (Å²) in [5.74, 6) is 2.32. The smallest absolute Gasteiger partial charge is 0.317 e. The number of carbonyl (C=O) groups is 1. The van der Waals surface area contributed by atoms with Gasteiger partial charge >= 0.3 is 6.03 Å². The summed E-state index contributed by atoms with van der Waals surface area (Å²) in [4.78, 5) is 14.2. The van der Waals surface area contributed by atoms with E-state index in [1.807, 2.05) is 18.0 Å². The number of rotatable bonds is 5. The number of benzene rings is 1. The second-order valence-corrected chi connectivity index (χ2v) is 7.20. The topological polar surface area (TPSA) is 50.8 Å². The SMILES string of the molecule is CC(C1CC1)N(C)C(=O)NCC1(c2ccc3c(c2)OCO3)CC1. The number of hydrogen-bond acceptors (Lipinski definition) is 3. The predicted molar refractivity (Wildman–Crippen MR) is 86.8 cm³/mol. The zero-order valence-electron chi connectivity index (χ0n) is 13.8. The van der Waals surface area contributed by atoms with E-state index in [0.29, 0.717) is 25.3 Å². The first-order valence-electron chi connectivity index (χ1n) is 8.50. The van der Waals surface area contributed by atoms with E-state index in [1.165, 1.54) is 18.4 Å². The van der Waals surface area contributed by atoms with E-state index >= 15 is 0 Å². The van der Waals surface area contributed by atoms with Crippen LogP contribution in [-0.4, -0.2) is 37.4 Å². The van der Waals surface area contributed by atoms with Crippen molar-refractivity contribution in [3.63, 3.8) is 0 Å². The Hall–Kier alpha value is -1.91. The third-order valence-electron chi connectivity index (χ3n) is 5.65. The molecule has 3 aliphatic rings. The van der Waals surface area contributed by atoms with Crippen LogP contribution in [-0.2, 0) is 5.41 Å². The van der Waals surface area contributed by atoms with Gasteiger partial charge in [-0.15, -0.1) is 0 Å². The Morgan fingerprint density at radius 2 is 2.09 bits per heavy atom. The number of carbonyl (C=O) groups excluding carboxylic acids is 1. The minimum atomic E-state index is 0.0384. The van der Waals surface area contributed by atoms with Gasteiger partial charge in [-0.2, -0.15) is 0 Å². The molecule has 1 heterocycles. The molecule has 0 bridgehead atoms. The van der Waals surface area contributed by atoms with E-state index in [-0.39, 0.29) is 11.4 Å². The summed E-state index contributed by atoms with van der Waals surface area (Å²) in [6.07, 6.45) is 4.71. The Kier molecular flexibility index (Phi) is 3.39. The van der Waals surface area contributed by atoms with Gasteiger partial charge in [0.1, 0.15) is 0 Å². The van der Waals surface area contributed by atoms with Crippen LogP contribution in [0.4, 0.5) is 4.79 Å². The zero-order chi connectivity index (χ0) is 16.0. The predicted octanol–water partition coefficient (Wildman–Crippen LogP) is 2.89. The first kappa shape index (κ1) is 14.7. The Morgan fingerprint density at radius 3 is 2.78 bits per heavy atom. The standard InChI is InChI=1S/C18H24N2O3/c1-12(13-3-4-13)20(2)17(21)19-10-18(7-8-18)14-5-6-15-16(9-14)23-11-22-15/h5-6,9,12-13H,3-4,7-8,10-11H2,1-2H3,(H,19,21). The Labute approximate surface area is 136 Å². The highest BCUT2D eigenvalue weighted by molar-refractivity contribution is 5.74. The van der Waals surface area contributed by atoms with E-state index in [9.17, 15) is 4.79 Å². The lowest BCUT2D eigenvalue weighted by Gasteiger charge is -2.26. The molecule has 1 aromatic rings. The zero-order valence-corrected chi connectivity index (χ0v) is 13.8. The van der Waals surface area contributed by atoms with Crippen LogP contribution in [0.5, 0.6) is 11.5 Å². The van der Waals surface area contributed by atoms with Gasteiger partial charge in [-0.25, -0.2) is 4.79 Å². The highest BCUT2D eigenvalue weighted by Gasteiger charge is 2.45. The van der Waals surface area contributed by atoms with Crippen LogP contribution in [0.1, 0.15) is 38.2 Å². The molecular weight excluding hydrogens is 292 g/mol. The maximum absolute atomic E-state index is 12.4. The number of nitrogens with one attached hydrogen (secondary N) is 1. The third-order valence-corrected chi connectivity index (χ3v) is 5.65. The summed E-state index contributed by atoms with van der Waals surface area (Å²) in [5, 5.41) is 3.13. The van der Waals surface area contributed by atoms with E-state index in [2.05, 4.69) is 24.4 Å². The van der Waals surface area contributed by atoms with Gasteiger partial charge in [-0.3, -0.25) is 0 Å². The fourth-order valence-electron chi connectivity index (χ4n) is 3.39. The number of urea groups is 1. The molecule has 0 saturated heterocycles. The molecule has 1 N–H and O–H groups in total. The molecule has 0 aromatic heterocycles. The van der Waals surface area contributed by atoms with Crippen LogP contribution >= 0.6 is 0 Å². The molecular formula is C18H24N2O3. The molecule has 4 rings (SSSR count). The van der Waals surface area contributed by atoms with Gasteiger partial charge in [0.05, 0.1) is 0 Å². The summed E-state index contributed by atoms with van der Waals surface area (Å²) in [6.45, 7) is 3.13. The van der Waals surface area contributed by atoms with Gasteiger partial charge < -0.3 is 19.7 Å². The summed E-state index contributed by atoms with van der Waals surface area (Å²) in [5.41, 5.74) is 1.31. The summed E-state index contributed by atoms with van der Waals surface area (Å²) in [7, 11) is 1.90. The van der Waals surface area contributed by atoms with Crippen molar-refractivity contribution in [3.8, 4) is 11.5 Å². The van der Waals surface area contributed by atoms with Crippen molar-refractivity contribution in [3.05, 3.63) is 23.8 Å².